The molecule has 0 N–H and O–H groups in total. The maximum Gasteiger partial charge on any atom is 0.352 e. The number of fused-ring (bicyclic) bond motifs is 3. The van der Waals surface area contributed by atoms with Crippen LogP contribution >= 0.6 is 0 Å². The van der Waals surface area contributed by atoms with Crippen LogP contribution in [-0.2, 0) is 6.54 Å². The summed E-state index contributed by atoms with van der Waals surface area (Å²) in [5.74, 6) is 2.48. The van der Waals surface area contributed by atoms with Gasteiger partial charge in [0.2, 0.25) is 12.5 Å². The Morgan fingerprint density at radius 1 is 0.833 bits per heavy atom. The van der Waals surface area contributed by atoms with E-state index in [-0.39, 0.29) is 13.3 Å². The third kappa shape index (κ3) is 3.10. The largest absolute Gasteiger partial charge is 0.493 e. The number of methoxy groups -OCH3 is 3. The molecule has 0 bridgehead atoms. The Hall–Kier alpha value is -4.60. The van der Waals surface area contributed by atoms with E-state index in [1.807, 2.05) is 18.2 Å². The highest BCUT2D eigenvalue weighted by Gasteiger charge is 2.35. The van der Waals surface area contributed by atoms with Gasteiger partial charge in [-0.05, 0) is 53.1 Å². The van der Waals surface area contributed by atoms with Gasteiger partial charge in [0.15, 0.2) is 23.0 Å². The number of nitrogens with zero attached hydrogens (tertiary/aromatic N) is 3. The summed E-state index contributed by atoms with van der Waals surface area (Å²) in [6.07, 6.45) is 0. The van der Waals surface area contributed by atoms with Gasteiger partial charge >= 0.3 is 11.4 Å². The highest BCUT2D eigenvalue weighted by molar-refractivity contribution is 5.58. The maximum absolute atomic E-state index is 13.9. The van der Waals surface area contributed by atoms with Gasteiger partial charge < -0.3 is 23.7 Å². The minimum Gasteiger partial charge on any atom is -0.493 e. The molecular formula is C26H23N3O7. The van der Waals surface area contributed by atoms with Crippen molar-refractivity contribution in [2.24, 2.45) is 0 Å². The first kappa shape index (κ1) is 21.9. The van der Waals surface area contributed by atoms with E-state index in [0.717, 1.165) is 11.1 Å². The van der Waals surface area contributed by atoms with Crippen LogP contribution in [0.1, 0.15) is 22.7 Å². The fourth-order valence-corrected chi connectivity index (χ4v) is 4.95. The highest BCUT2D eigenvalue weighted by atomic mass is 16.7. The topological polar surface area (TPSA) is 95.1 Å². The second-order valence-electron chi connectivity index (χ2n) is 8.40. The van der Waals surface area contributed by atoms with Crippen molar-refractivity contribution < 1.29 is 23.7 Å². The zero-order valence-corrected chi connectivity index (χ0v) is 19.9. The zero-order valence-electron chi connectivity index (χ0n) is 19.9. The average Bonchev–Trinajstić information content (AvgIpc) is 3.46. The molecule has 3 aromatic carbocycles. The molecule has 36 heavy (non-hydrogen) atoms. The van der Waals surface area contributed by atoms with Crippen LogP contribution in [0, 0.1) is 0 Å². The number of ether oxygens (including phenoxy) is 5. The number of para-hydroxylation sites is 1. The van der Waals surface area contributed by atoms with Crippen LogP contribution in [0.5, 0.6) is 28.7 Å². The standard InChI is InChI=1S/C26H23N3O7/c1-32-21-9-15(10-22(33-2)24(21)34-3)23-18-12-20-19(35-14-36-20)11-16(18)13-27-25(30)28(26(31)29(23)27)17-7-5-4-6-8-17/h4-12,23H,13-14H2,1-3H3. The second-order valence-corrected chi connectivity index (χ2v) is 8.40. The molecule has 3 heterocycles. The first-order chi connectivity index (χ1) is 17.5. The number of rotatable bonds is 5. The van der Waals surface area contributed by atoms with E-state index in [1.54, 1.807) is 36.4 Å². The van der Waals surface area contributed by atoms with Gasteiger partial charge in [-0.25, -0.2) is 23.5 Å². The van der Waals surface area contributed by atoms with Gasteiger partial charge in [0.25, 0.3) is 0 Å². The minimum absolute atomic E-state index is 0.111. The predicted octanol–water partition coefficient (Wildman–Crippen LogP) is 2.55. The molecule has 184 valence electrons. The van der Waals surface area contributed by atoms with Crippen LogP contribution in [0.15, 0.2) is 64.2 Å². The first-order valence-corrected chi connectivity index (χ1v) is 11.3. The van der Waals surface area contributed by atoms with E-state index in [4.69, 9.17) is 23.7 Å². The molecule has 0 saturated heterocycles. The molecule has 1 atom stereocenters. The summed E-state index contributed by atoms with van der Waals surface area (Å²) in [5.41, 5.74) is 1.90. The predicted molar refractivity (Wildman–Crippen MR) is 129 cm³/mol. The summed E-state index contributed by atoms with van der Waals surface area (Å²) in [4.78, 5) is 27.4. The van der Waals surface area contributed by atoms with Crippen LogP contribution in [-0.4, -0.2) is 42.1 Å². The van der Waals surface area contributed by atoms with Crippen LogP contribution in [0.2, 0.25) is 0 Å². The fraction of sp³-hybridized carbons (Fsp3) is 0.231. The molecule has 1 aromatic heterocycles. The second kappa shape index (κ2) is 8.26. The van der Waals surface area contributed by atoms with Crippen molar-refractivity contribution in [1.82, 2.24) is 13.9 Å². The molecule has 0 amide bonds. The molecule has 4 aromatic rings. The smallest absolute Gasteiger partial charge is 0.352 e. The zero-order chi connectivity index (χ0) is 25.0. The first-order valence-electron chi connectivity index (χ1n) is 11.3. The third-order valence-corrected chi connectivity index (χ3v) is 6.57. The molecule has 10 heteroatoms. The normalized spacial score (nSPS) is 15.2. The lowest BCUT2D eigenvalue weighted by Gasteiger charge is -2.29. The van der Waals surface area contributed by atoms with E-state index < -0.39 is 17.4 Å². The van der Waals surface area contributed by atoms with Crippen molar-refractivity contribution in [3.05, 3.63) is 92.3 Å². The quantitative estimate of drug-likeness (QED) is 0.375. The summed E-state index contributed by atoms with van der Waals surface area (Å²) in [7, 11) is 4.59. The molecule has 1 unspecified atom stereocenters. The van der Waals surface area contributed by atoms with Gasteiger partial charge in [-0.3, -0.25) is 0 Å². The molecule has 2 aliphatic heterocycles. The van der Waals surface area contributed by atoms with E-state index >= 15 is 0 Å². The summed E-state index contributed by atoms with van der Waals surface area (Å²) >= 11 is 0. The van der Waals surface area contributed by atoms with Gasteiger partial charge in [-0.2, -0.15) is 0 Å². The average molecular weight is 489 g/mol. The number of hydrogen-bond acceptors (Lipinski definition) is 7. The van der Waals surface area contributed by atoms with Gasteiger partial charge in [-0.15, -0.1) is 0 Å². The molecule has 6 rings (SSSR count). The van der Waals surface area contributed by atoms with Crippen LogP contribution < -0.4 is 35.1 Å². The van der Waals surface area contributed by atoms with Gasteiger partial charge in [0, 0.05) is 0 Å². The molecule has 2 aliphatic rings. The number of hydrogen-bond donors (Lipinski definition) is 0. The van der Waals surface area contributed by atoms with Crippen LogP contribution in [0.25, 0.3) is 5.69 Å². The summed E-state index contributed by atoms with van der Waals surface area (Å²) in [6, 6.07) is 15.5. The van der Waals surface area contributed by atoms with Crippen LogP contribution in [0.4, 0.5) is 0 Å². The van der Waals surface area contributed by atoms with Crippen molar-refractivity contribution in [2.75, 3.05) is 28.1 Å². The number of benzene rings is 3. The molecule has 0 saturated carbocycles. The van der Waals surface area contributed by atoms with Crippen molar-refractivity contribution >= 4 is 0 Å². The lowest BCUT2D eigenvalue weighted by molar-refractivity contribution is 0.174. The Morgan fingerprint density at radius 2 is 1.50 bits per heavy atom. The van der Waals surface area contributed by atoms with Crippen LogP contribution in [0.3, 0.4) is 0 Å². The Balaban J connectivity index is 1.66. The Labute approximate surface area is 205 Å². The van der Waals surface area contributed by atoms with Gasteiger partial charge in [-0.1, -0.05) is 18.2 Å². The fourth-order valence-electron chi connectivity index (χ4n) is 4.95. The molecule has 0 spiro atoms. The summed E-state index contributed by atoms with van der Waals surface area (Å²) in [6.45, 7) is 0.307. The lowest BCUT2D eigenvalue weighted by Crippen LogP contribution is -2.36. The van der Waals surface area contributed by atoms with Crippen molar-refractivity contribution in [3.63, 3.8) is 0 Å². The van der Waals surface area contributed by atoms with E-state index in [0.29, 0.717) is 40.0 Å². The Kier molecular flexibility index (Phi) is 5.03. The van der Waals surface area contributed by atoms with E-state index in [2.05, 4.69) is 0 Å². The molecule has 0 fully saturated rings. The van der Waals surface area contributed by atoms with E-state index in [1.165, 1.54) is 35.3 Å². The van der Waals surface area contributed by atoms with Gasteiger partial charge in [0.1, 0.15) is 6.04 Å². The SMILES string of the molecule is COc1cc(C2c3cc4c(cc3Cn3c(=O)n(-c5ccccc5)c(=O)n32)OCO4)cc(OC)c1OC. The summed E-state index contributed by atoms with van der Waals surface area (Å²) in [5, 5.41) is 0. The van der Waals surface area contributed by atoms with Gasteiger partial charge in [0.05, 0.1) is 33.6 Å². The Bertz CT molecular complexity index is 1580. The molecule has 10 nitrogen and oxygen atoms in total. The van der Waals surface area contributed by atoms with E-state index in [9.17, 15) is 9.59 Å². The number of aromatic nitrogens is 3. The highest BCUT2D eigenvalue weighted by Crippen LogP contribution is 2.45. The van der Waals surface area contributed by atoms with Crippen molar-refractivity contribution in [1.29, 1.82) is 0 Å². The lowest BCUT2D eigenvalue weighted by atomic mass is 9.92. The monoisotopic (exact) mass is 489 g/mol. The minimum atomic E-state index is -0.679. The van der Waals surface area contributed by atoms with Crippen molar-refractivity contribution in [2.45, 2.75) is 12.6 Å². The molecular weight excluding hydrogens is 466 g/mol. The van der Waals surface area contributed by atoms with Crippen molar-refractivity contribution in [3.8, 4) is 34.4 Å². The Morgan fingerprint density at radius 3 is 2.14 bits per heavy atom. The molecule has 0 aliphatic carbocycles. The molecule has 0 radical (unpaired) electrons. The summed E-state index contributed by atoms with van der Waals surface area (Å²) < 4.78 is 32.0. The third-order valence-electron chi connectivity index (χ3n) is 6.57. The maximum atomic E-state index is 13.9.